The molecule has 0 radical (unpaired) electrons. The van der Waals surface area contributed by atoms with Crippen LogP contribution < -0.4 is 11.1 Å². The third-order valence-corrected chi connectivity index (χ3v) is 3.54. The summed E-state index contributed by atoms with van der Waals surface area (Å²) in [6.45, 7) is 1.18. The van der Waals surface area contributed by atoms with Gasteiger partial charge in [0, 0.05) is 11.6 Å². The van der Waals surface area contributed by atoms with Crippen molar-refractivity contribution < 1.29 is 0 Å². The number of rotatable bonds is 1. The van der Waals surface area contributed by atoms with Gasteiger partial charge in [0.25, 0.3) is 0 Å². The SMILES string of the molecule is NC1(C2CCCN2)CCCCC1. The van der Waals surface area contributed by atoms with E-state index in [-0.39, 0.29) is 5.54 Å². The highest BCUT2D eigenvalue weighted by Crippen LogP contribution is 2.31. The Kier molecular flexibility index (Phi) is 2.37. The molecular weight excluding hydrogens is 148 g/mol. The van der Waals surface area contributed by atoms with E-state index in [9.17, 15) is 0 Å². The predicted octanol–water partition coefficient (Wildman–Crippen LogP) is 1.40. The second-order valence-corrected chi connectivity index (χ2v) is 4.44. The Labute approximate surface area is 74.9 Å². The van der Waals surface area contributed by atoms with Crippen LogP contribution in [0.2, 0.25) is 0 Å². The van der Waals surface area contributed by atoms with E-state index in [1.54, 1.807) is 0 Å². The lowest BCUT2D eigenvalue weighted by Crippen LogP contribution is -2.55. The minimum atomic E-state index is 0.148. The topological polar surface area (TPSA) is 38.0 Å². The summed E-state index contributed by atoms with van der Waals surface area (Å²) < 4.78 is 0. The molecule has 2 rings (SSSR count). The number of hydrogen-bond acceptors (Lipinski definition) is 2. The molecule has 12 heavy (non-hydrogen) atoms. The summed E-state index contributed by atoms with van der Waals surface area (Å²) in [5, 5.41) is 3.54. The van der Waals surface area contributed by atoms with Gasteiger partial charge in [0.15, 0.2) is 0 Å². The van der Waals surface area contributed by atoms with Crippen molar-refractivity contribution in [3.05, 3.63) is 0 Å². The van der Waals surface area contributed by atoms with E-state index >= 15 is 0 Å². The fourth-order valence-corrected chi connectivity index (χ4v) is 2.73. The van der Waals surface area contributed by atoms with Crippen molar-refractivity contribution in [2.45, 2.75) is 56.5 Å². The third kappa shape index (κ3) is 1.50. The Hall–Kier alpha value is -0.0800. The molecule has 2 fully saturated rings. The smallest absolute Gasteiger partial charge is 0.0309 e. The van der Waals surface area contributed by atoms with E-state index in [1.807, 2.05) is 0 Å². The summed E-state index contributed by atoms with van der Waals surface area (Å²) in [5.74, 6) is 0. The van der Waals surface area contributed by atoms with Crippen LogP contribution in [0.4, 0.5) is 0 Å². The summed E-state index contributed by atoms with van der Waals surface area (Å²) in [6.07, 6.45) is 9.18. The fourth-order valence-electron chi connectivity index (χ4n) is 2.73. The first-order valence-electron chi connectivity index (χ1n) is 5.33. The van der Waals surface area contributed by atoms with Gasteiger partial charge in [0.2, 0.25) is 0 Å². The zero-order valence-corrected chi connectivity index (χ0v) is 7.81. The van der Waals surface area contributed by atoms with E-state index in [2.05, 4.69) is 5.32 Å². The molecular formula is C10H20N2. The van der Waals surface area contributed by atoms with E-state index in [0.717, 1.165) is 0 Å². The van der Waals surface area contributed by atoms with Gasteiger partial charge >= 0.3 is 0 Å². The largest absolute Gasteiger partial charge is 0.324 e. The molecule has 1 aliphatic carbocycles. The molecule has 2 nitrogen and oxygen atoms in total. The lowest BCUT2D eigenvalue weighted by Gasteiger charge is -2.38. The molecule has 2 heteroatoms. The first-order chi connectivity index (χ1) is 5.81. The number of nitrogens with two attached hydrogens (primary N) is 1. The summed E-state index contributed by atoms with van der Waals surface area (Å²) in [4.78, 5) is 0. The van der Waals surface area contributed by atoms with Crippen molar-refractivity contribution in [2.24, 2.45) is 5.73 Å². The average Bonchev–Trinajstić information content (AvgIpc) is 2.58. The van der Waals surface area contributed by atoms with Crippen molar-refractivity contribution in [3.8, 4) is 0 Å². The summed E-state index contributed by atoms with van der Waals surface area (Å²) in [6, 6.07) is 0.623. The molecule has 0 aromatic carbocycles. The van der Waals surface area contributed by atoms with Gasteiger partial charge < -0.3 is 11.1 Å². The second kappa shape index (κ2) is 3.35. The third-order valence-electron chi connectivity index (χ3n) is 3.54. The molecule has 0 spiro atoms. The molecule has 1 saturated carbocycles. The van der Waals surface area contributed by atoms with Crippen LogP contribution in [0, 0.1) is 0 Å². The van der Waals surface area contributed by atoms with Crippen LogP contribution in [-0.4, -0.2) is 18.1 Å². The highest BCUT2D eigenvalue weighted by Gasteiger charge is 2.37. The maximum absolute atomic E-state index is 6.40. The van der Waals surface area contributed by atoms with Crippen LogP contribution in [0.25, 0.3) is 0 Å². The average molecular weight is 168 g/mol. The molecule has 0 amide bonds. The van der Waals surface area contributed by atoms with Gasteiger partial charge in [-0.1, -0.05) is 19.3 Å². The summed E-state index contributed by atoms with van der Waals surface area (Å²) in [5.41, 5.74) is 6.55. The first-order valence-corrected chi connectivity index (χ1v) is 5.33. The predicted molar refractivity (Wildman–Crippen MR) is 51.0 cm³/mol. The van der Waals surface area contributed by atoms with Crippen LogP contribution in [0.1, 0.15) is 44.9 Å². The first kappa shape index (κ1) is 8.52. The van der Waals surface area contributed by atoms with Crippen molar-refractivity contribution in [3.63, 3.8) is 0 Å². The van der Waals surface area contributed by atoms with E-state index in [4.69, 9.17) is 5.73 Å². The Morgan fingerprint density at radius 1 is 1.08 bits per heavy atom. The van der Waals surface area contributed by atoms with Crippen molar-refractivity contribution in [1.29, 1.82) is 0 Å². The van der Waals surface area contributed by atoms with Gasteiger partial charge in [-0.3, -0.25) is 0 Å². The molecule has 70 valence electrons. The molecule has 0 aromatic rings. The molecule has 3 N–H and O–H groups in total. The standard InChI is InChI=1S/C10H20N2/c11-10(6-2-1-3-7-10)9-5-4-8-12-9/h9,12H,1-8,11H2. The van der Waals surface area contributed by atoms with Gasteiger partial charge in [0.05, 0.1) is 0 Å². The highest BCUT2D eigenvalue weighted by atomic mass is 15.0. The van der Waals surface area contributed by atoms with Gasteiger partial charge in [-0.2, -0.15) is 0 Å². The summed E-state index contributed by atoms with van der Waals surface area (Å²) >= 11 is 0. The fraction of sp³-hybridized carbons (Fsp3) is 1.00. The quantitative estimate of drug-likeness (QED) is 0.621. The van der Waals surface area contributed by atoms with Crippen molar-refractivity contribution >= 4 is 0 Å². The van der Waals surface area contributed by atoms with Gasteiger partial charge in [-0.25, -0.2) is 0 Å². The monoisotopic (exact) mass is 168 g/mol. The zero-order chi connectivity index (χ0) is 8.44. The minimum Gasteiger partial charge on any atom is -0.324 e. The molecule has 1 aliphatic heterocycles. The summed E-state index contributed by atoms with van der Waals surface area (Å²) in [7, 11) is 0. The second-order valence-electron chi connectivity index (χ2n) is 4.44. The van der Waals surface area contributed by atoms with Gasteiger partial charge in [-0.15, -0.1) is 0 Å². The molecule has 2 aliphatic rings. The van der Waals surface area contributed by atoms with Crippen LogP contribution >= 0.6 is 0 Å². The van der Waals surface area contributed by atoms with E-state index in [1.165, 1.54) is 51.5 Å². The molecule has 1 atom stereocenters. The lowest BCUT2D eigenvalue weighted by molar-refractivity contribution is 0.232. The maximum atomic E-state index is 6.40. The van der Waals surface area contributed by atoms with Crippen LogP contribution in [0.3, 0.4) is 0 Å². The van der Waals surface area contributed by atoms with Crippen LogP contribution in [-0.2, 0) is 0 Å². The minimum absolute atomic E-state index is 0.148. The highest BCUT2D eigenvalue weighted by molar-refractivity contribution is 4.99. The normalized spacial score (nSPS) is 35.2. The van der Waals surface area contributed by atoms with Crippen molar-refractivity contribution in [2.75, 3.05) is 6.54 Å². The van der Waals surface area contributed by atoms with Gasteiger partial charge in [0.1, 0.15) is 0 Å². The van der Waals surface area contributed by atoms with E-state index in [0.29, 0.717) is 6.04 Å². The van der Waals surface area contributed by atoms with Crippen LogP contribution in [0.5, 0.6) is 0 Å². The zero-order valence-electron chi connectivity index (χ0n) is 7.81. The molecule has 0 aromatic heterocycles. The Bertz CT molecular complexity index is 144. The maximum Gasteiger partial charge on any atom is 0.0309 e. The number of hydrogen-bond donors (Lipinski definition) is 2. The molecule has 1 heterocycles. The van der Waals surface area contributed by atoms with Crippen LogP contribution in [0.15, 0.2) is 0 Å². The Morgan fingerprint density at radius 3 is 2.42 bits per heavy atom. The van der Waals surface area contributed by atoms with Crippen molar-refractivity contribution in [1.82, 2.24) is 5.32 Å². The Balaban J connectivity index is 1.97. The van der Waals surface area contributed by atoms with E-state index < -0.39 is 0 Å². The molecule has 1 unspecified atom stereocenters. The Morgan fingerprint density at radius 2 is 1.83 bits per heavy atom. The van der Waals surface area contributed by atoms with Gasteiger partial charge in [-0.05, 0) is 32.2 Å². The lowest BCUT2D eigenvalue weighted by atomic mass is 9.77. The molecule has 0 bridgehead atoms. The number of nitrogens with one attached hydrogen (secondary N) is 1. The molecule has 1 saturated heterocycles.